The van der Waals surface area contributed by atoms with Gasteiger partial charge in [0.1, 0.15) is 48.9 Å². The van der Waals surface area contributed by atoms with Gasteiger partial charge in [-0.1, -0.05) is 188 Å². The summed E-state index contributed by atoms with van der Waals surface area (Å²) in [5.74, 6) is 2.07. The van der Waals surface area contributed by atoms with Crippen LogP contribution in [-0.2, 0) is 0 Å². The number of hydrogen-bond donors (Lipinski definition) is 0. The van der Waals surface area contributed by atoms with Crippen molar-refractivity contribution in [1.82, 2.24) is 0 Å². The molecule has 0 bridgehead atoms. The zero-order valence-corrected chi connectivity index (χ0v) is 65.8. The third-order valence-corrected chi connectivity index (χ3v) is 23.7. The van der Waals surface area contributed by atoms with Gasteiger partial charge in [-0.25, -0.2) is 0 Å². The van der Waals surface area contributed by atoms with E-state index in [1.165, 1.54) is 38.5 Å². The first kappa shape index (κ1) is 81.0. The molecule has 0 aliphatic carbocycles. The lowest BCUT2D eigenvalue weighted by Crippen LogP contribution is -2.39. The number of hydrogen-bond acceptors (Lipinski definition) is 20. The highest BCUT2D eigenvalue weighted by molar-refractivity contribution is 6.25. The smallest absolute Gasteiger partial charge is 0.293 e. The lowest BCUT2D eigenvalue weighted by Gasteiger charge is -2.36. The van der Waals surface area contributed by atoms with E-state index in [0.717, 1.165) is 144 Å². The van der Waals surface area contributed by atoms with Gasteiger partial charge in [0.2, 0.25) is 0 Å². The fraction of sp³-hybridized carbons (Fsp3) is 0.385. The van der Waals surface area contributed by atoms with E-state index in [-0.39, 0.29) is 91.8 Å². The van der Waals surface area contributed by atoms with E-state index in [1.54, 1.807) is 48.5 Å². The lowest BCUT2D eigenvalue weighted by atomic mass is 9.90. The molecule has 0 aromatic heterocycles. The van der Waals surface area contributed by atoms with Gasteiger partial charge in [0.15, 0.2) is 23.1 Å². The number of ketones is 4. The lowest BCUT2D eigenvalue weighted by molar-refractivity contribution is -0.384. The van der Waals surface area contributed by atoms with Crippen LogP contribution in [0.4, 0.5) is 45.5 Å². The van der Waals surface area contributed by atoms with Crippen LogP contribution >= 0.6 is 0 Å². The zero-order chi connectivity index (χ0) is 80.8. The molecule has 16 rings (SSSR count). The summed E-state index contributed by atoms with van der Waals surface area (Å²) in [5.41, 5.74) is 13.9. The Morgan fingerprint density at radius 2 is 0.626 bits per heavy atom. The molecule has 8 heterocycles. The van der Waals surface area contributed by atoms with Crippen LogP contribution in [0, 0.1) is 58.2 Å². The Morgan fingerprint density at radius 1 is 0.330 bits per heavy atom. The number of aliphatic imine (C=N–C) groups is 4. The van der Waals surface area contributed by atoms with Gasteiger partial charge in [-0.3, -0.25) is 79.6 Å². The van der Waals surface area contributed by atoms with Crippen LogP contribution in [0.15, 0.2) is 190 Å². The molecule has 1 unspecified atom stereocenters. The minimum atomic E-state index is -0.314. The topological polar surface area (TPSA) is 303 Å². The number of nitrogens with zero attached hydrogens (tertiary/aromatic N) is 12. The molecule has 24 nitrogen and oxygen atoms in total. The van der Waals surface area contributed by atoms with E-state index in [1.807, 2.05) is 121 Å². The van der Waals surface area contributed by atoms with E-state index in [9.17, 15) is 59.6 Å². The average Bonchev–Trinajstić information content (AvgIpc) is 0.808. The summed E-state index contributed by atoms with van der Waals surface area (Å²) in [5, 5.41) is 47.4. The first-order valence-corrected chi connectivity index (χ1v) is 40.7. The molecule has 4 fully saturated rings. The third-order valence-electron chi connectivity index (χ3n) is 23.7. The van der Waals surface area contributed by atoms with Crippen LogP contribution in [-0.4, -0.2) is 144 Å². The van der Waals surface area contributed by atoms with Crippen molar-refractivity contribution in [2.75, 3.05) is 91.6 Å². The molecule has 0 N–H and O–H groups in total. The molecular weight excluding hydrogens is 1450 g/mol. The first-order valence-electron chi connectivity index (χ1n) is 40.7. The molecule has 24 heteroatoms. The SMILES string of the molecule is CCC1CCCCN1c1ccc(C2=NCC(=O)c3ccccc32)cc1[N+](=O)[O-].CCC1CCN(c2ccc(C3=NCC(=O)c4ccccc43)cc2[N+](=O)[O-])CC1.CCCC1CCN(c2ccc(C3=NCC(=O)c4ccccc43)cc2[N+](=O)[O-])CC1.CCCCC1CCN(c2ccc(C3=NCC(=O)c4ccccc43)cc2[N+](=O)[O-])CC1. The molecule has 8 aliphatic rings. The Bertz CT molecular complexity index is 5160. The Hall–Kier alpha value is -12.1. The number of Topliss-reactive ketones (excluding diaryl/α,β-unsaturated/α-hetero) is 4. The minimum Gasteiger partial charge on any atom is -0.366 e. The van der Waals surface area contributed by atoms with Gasteiger partial charge in [0.25, 0.3) is 22.7 Å². The van der Waals surface area contributed by atoms with Crippen molar-refractivity contribution < 1.29 is 38.9 Å². The molecule has 8 aromatic carbocycles. The van der Waals surface area contributed by atoms with E-state index >= 15 is 0 Å². The van der Waals surface area contributed by atoms with Crippen molar-refractivity contribution in [2.24, 2.45) is 37.7 Å². The maximum absolute atomic E-state index is 12.2. The van der Waals surface area contributed by atoms with Gasteiger partial charge >= 0.3 is 0 Å². The number of nitro groups is 4. The normalized spacial score (nSPS) is 17.6. The number of fused-ring (bicyclic) bond motifs is 4. The molecule has 594 valence electrons. The van der Waals surface area contributed by atoms with E-state index in [0.29, 0.717) is 102 Å². The molecule has 0 amide bonds. The molecule has 0 radical (unpaired) electrons. The fourth-order valence-corrected chi connectivity index (χ4v) is 17.5. The predicted molar refractivity (Wildman–Crippen MR) is 452 cm³/mol. The first-order chi connectivity index (χ1) is 55.8. The summed E-state index contributed by atoms with van der Waals surface area (Å²) in [6.07, 6.45) is 18.0. The number of rotatable bonds is 19. The molecule has 4 saturated heterocycles. The minimum absolute atomic E-state index is 0.0218. The molecule has 8 aromatic rings. The molecule has 115 heavy (non-hydrogen) atoms. The van der Waals surface area contributed by atoms with Crippen molar-refractivity contribution in [1.29, 1.82) is 0 Å². The summed E-state index contributed by atoms with van der Waals surface area (Å²) in [6.45, 7) is 15.0. The van der Waals surface area contributed by atoms with Gasteiger partial charge in [0, 0.05) is 143 Å². The number of nitro benzene ring substituents is 4. The number of carbonyl (C=O) groups is 4. The summed E-state index contributed by atoms with van der Waals surface area (Å²) in [6, 6.07) is 51.0. The summed E-state index contributed by atoms with van der Waals surface area (Å²) >= 11 is 0. The molecule has 0 spiro atoms. The molecule has 0 saturated carbocycles. The zero-order valence-electron chi connectivity index (χ0n) is 65.8. The van der Waals surface area contributed by atoms with Gasteiger partial charge in [-0.05, 0) is 106 Å². The Labute approximate surface area is 669 Å². The maximum atomic E-state index is 12.2. The highest BCUT2D eigenvalue weighted by Crippen LogP contribution is 2.41. The Morgan fingerprint density at radius 3 is 0.922 bits per heavy atom. The van der Waals surface area contributed by atoms with Crippen molar-refractivity contribution in [3.63, 3.8) is 0 Å². The standard InChI is InChI=1S/C24H27N3O3.C23H25N3O3.2C22H23N3O3/c1-2-3-6-17-11-13-26(14-12-17)21-10-9-18(15-22(21)27(29)30)24-20-8-5-4-7-19(20)23(28)16-25-24;1-2-5-16-10-12-25(13-11-16)20-9-8-17(14-21(20)26(28)29)23-19-7-4-3-6-18(19)22(27)15-24-23;1-2-16-7-5-6-12-24(16)19-11-10-15(13-20(19)25(27)28)22-18-9-4-3-8-17(18)21(26)14-23-22;1-2-15-9-11-24(12-10-15)19-8-7-16(13-20(19)25(27)28)22-18-6-4-3-5-17(18)21(26)14-23-22/h4-5,7-10,15,17H,2-3,6,11-14,16H2,1H3;3-4,6-9,14,16H,2,5,10-13,15H2,1H3;3-4,8-11,13,16H,2,5-7,12,14H2,1H3;3-8,13,15H,2,9-12,14H2,1H3. The highest BCUT2D eigenvalue weighted by Gasteiger charge is 2.35. The highest BCUT2D eigenvalue weighted by atomic mass is 16.6. The summed E-state index contributed by atoms with van der Waals surface area (Å²) in [4.78, 5) is 121. The van der Waals surface area contributed by atoms with Crippen LogP contribution in [0.3, 0.4) is 0 Å². The second kappa shape index (κ2) is 37.3. The maximum Gasteiger partial charge on any atom is 0.293 e. The van der Waals surface area contributed by atoms with Gasteiger partial charge in [0.05, 0.1) is 42.5 Å². The van der Waals surface area contributed by atoms with Gasteiger partial charge in [-0.2, -0.15) is 0 Å². The fourth-order valence-electron chi connectivity index (χ4n) is 17.5. The van der Waals surface area contributed by atoms with Crippen molar-refractivity contribution in [2.45, 2.75) is 136 Å². The number of benzene rings is 8. The quantitative estimate of drug-likeness (QED) is 0.0536. The van der Waals surface area contributed by atoms with Crippen LogP contribution < -0.4 is 19.6 Å². The van der Waals surface area contributed by atoms with Crippen molar-refractivity contribution >= 4 is 91.5 Å². The van der Waals surface area contributed by atoms with Crippen molar-refractivity contribution in [3.05, 3.63) is 277 Å². The Kier molecular flexibility index (Phi) is 26.2. The van der Waals surface area contributed by atoms with Crippen LogP contribution in [0.1, 0.15) is 216 Å². The second-order valence-corrected chi connectivity index (χ2v) is 30.8. The number of carbonyl (C=O) groups excluding carboxylic acids is 4. The van der Waals surface area contributed by atoms with Crippen LogP contribution in [0.5, 0.6) is 0 Å². The molecular formula is C91H98N12O12. The summed E-state index contributed by atoms with van der Waals surface area (Å²) in [7, 11) is 0. The van der Waals surface area contributed by atoms with E-state index < -0.39 is 0 Å². The van der Waals surface area contributed by atoms with Gasteiger partial charge in [-0.15, -0.1) is 0 Å². The largest absolute Gasteiger partial charge is 0.366 e. The monoisotopic (exact) mass is 1550 g/mol. The molecule has 8 aliphatic heterocycles. The number of anilines is 4. The number of piperidine rings is 4. The Balaban J connectivity index is 0.000000134. The van der Waals surface area contributed by atoms with E-state index in [2.05, 4.69) is 67.3 Å². The number of unbranched alkanes of at least 4 members (excludes halogenated alkanes) is 1. The second-order valence-electron chi connectivity index (χ2n) is 30.8. The van der Waals surface area contributed by atoms with E-state index in [4.69, 9.17) is 0 Å². The predicted octanol–water partition coefficient (Wildman–Crippen LogP) is 18.3. The molecule has 1 atom stereocenters. The van der Waals surface area contributed by atoms with Crippen LogP contribution in [0.25, 0.3) is 0 Å². The third kappa shape index (κ3) is 18.3. The van der Waals surface area contributed by atoms with Gasteiger partial charge < -0.3 is 19.6 Å². The van der Waals surface area contributed by atoms with Crippen molar-refractivity contribution in [3.8, 4) is 0 Å². The summed E-state index contributed by atoms with van der Waals surface area (Å²) < 4.78 is 0. The average molecular weight is 1550 g/mol. The van der Waals surface area contributed by atoms with Crippen LogP contribution in [0.2, 0.25) is 0 Å².